The van der Waals surface area contributed by atoms with Crippen LogP contribution in [0.15, 0.2) is 58.3 Å². The van der Waals surface area contributed by atoms with Crippen LogP contribution in [0.5, 0.6) is 0 Å². The number of aromatic nitrogens is 1. The fourth-order valence-corrected chi connectivity index (χ4v) is 4.68. The van der Waals surface area contributed by atoms with Crippen molar-refractivity contribution in [1.82, 2.24) is 4.98 Å². The van der Waals surface area contributed by atoms with Gasteiger partial charge in [0, 0.05) is 10.9 Å². The minimum absolute atomic E-state index is 0.142. The zero-order valence-electron chi connectivity index (χ0n) is 13.0. The van der Waals surface area contributed by atoms with Gasteiger partial charge < -0.3 is 0 Å². The molecular formula is C17H11F4NO2S2. The standard InChI is InChI=1S/C17H11F4NO2S2/c18-14-7-3-12(4-8-14)15-9-25-16(22-15)26(23,24)10-11-1-5-13(6-2-11)17(19,20)21/h1-9H,10H2. The summed E-state index contributed by atoms with van der Waals surface area (Å²) in [7, 11) is -3.80. The molecule has 0 N–H and O–H groups in total. The lowest BCUT2D eigenvalue weighted by atomic mass is 10.1. The second-order valence-electron chi connectivity index (χ2n) is 5.46. The van der Waals surface area contributed by atoms with Crippen LogP contribution < -0.4 is 0 Å². The molecule has 0 amide bonds. The van der Waals surface area contributed by atoms with Gasteiger partial charge in [-0.1, -0.05) is 12.1 Å². The van der Waals surface area contributed by atoms with Crippen LogP contribution in [0.1, 0.15) is 11.1 Å². The zero-order chi connectivity index (χ0) is 18.9. The van der Waals surface area contributed by atoms with Gasteiger partial charge in [0.2, 0.25) is 14.2 Å². The van der Waals surface area contributed by atoms with E-state index in [0.717, 1.165) is 35.6 Å². The van der Waals surface area contributed by atoms with E-state index in [4.69, 9.17) is 0 Å². The molecule has 0 fully saturated rings. The fourth-order valence-electron chi connectivity index (χ4n) is 2.22. The Morgan fingerprint density at radius 3 is 2.15 bits per heavy atom. The maximum absolute atomic E-state index is 13.0. The van der Waals surface area contributed by atoms with Crippen molar-refractivity contribution in [2.45, 2.75) is 16.3 Å². The van der Waals surface area contributed by atoms with E-state index >= 15 is 0 Å². The third-order valence-corrected chi connectivity index (χ3v) is 6.55. The van der Waals surface area contributed by atoms with Gasteiger partial charge in [-0.2, -0.15) is 13.2 Å². The average Bonchev–Trinajstić information content (AvgIpc) is 3.06. The summed E-state index contributed by atoms with van der Waals surface area (Å²) < 4.78 is 75.4. The van der Waals surface area contributed by atoms with Gasteiger partial charge in [-0.3, -0.25) is 0 Å². The molecule has 0 saturated carbocycles. The first-order chi connectivity index (χ1) is 12.1. The second-order valence-corrected chi connectivity index (χ2v) is 8.48. The van der Waals surface area contributed by atoms with Crippen LogP contribution in [0.3, 0.4) is 0 Å². The molecule has 0 saturated heterocycles. The Morgan fingerprint density at radius 2 is 1.58 bits per heavy atom. The molecule has 0 atom stereocenters. The molecule has 2 aromatic carbocycles. The van der Waals surface area contributed by atoms with Crippen LogP contribution in [-0.2, 0) is 21.8 Å². The Kier molecular flexibility index (Phi) is 4.85. The molecule has 0 aliphatic heterocycles. The Labute approximate surface area is 150 Å². The number of hydrogen-bond donors (Lipinski definition) is 0. The zero-order valence-corrected chi connectivity index (χ0v) is 14.6. The highest BCUT2D eigenvalue weighted by Crippen LogP contribution is 2.30. The van der Waals surface area contributed by atoms with Crippen molar-refractivity contribution < 1.29 is 26.0 Å². The fraction of sp³-hybridized carbons (Fsp3) is 0.118. The van der Waals surface area contributed by atoms with Gasteiger partial charge in [-0.25, -0.2) is 17.8 Å². The molecule has 0 radical (unpaired) electrons. The van der Waals surface area contributed by atoms with Crippen LogP contribution >= 0.6 is 11.3 Å². The summed E-state index contributed by atoms with van der Waals surface area (Å²) >= 11 is 0.909. The van der Waals surface area contributed by atoms with Crippen LogP contribution in [0, 0.1) is 5.82 Å². The van der Waals surface area contributed by atoms with Crippen molar-refractivity contribution >= 4 is 21.2 Å². The number of alkyl halides is 3. The lowest BCUT2D eigenvalue weighted by Gasteiger charge is -2.07. The van der Waals surface area contributed by atoms with Crippen LogP contribution in [0.2, 0.25) is 0 Å². The van der Waals surface area contributed by atoms with E-state index in [1.807, 2.05) is 0 Å². The quantitative estimate of drug-likeness (QED) is 0.582. The summed E-state index contributed by atoms with van der Waals surface area (Å²) in [5, 5.41) is 1.53. The van der Waals surface area contributed by atoms with Crippen molar-refractivity contribution in [3.63, 3.8) is 0 Å². The Hall–Kier alpha value is -2.26. The number of sulfone groups is 1. The number of nitrogens with zero attached hydrogens (tertiary/aromatic N) is 1. The lowest BCUT2D eigenvalue weighted by Crippen LogP contribution is -2.07. The SMILES string of the molecule is O=S(=O)(Cc1ccc(C(F)(F)F)cc1)c1nc(-c2ccc(F)cc2)cs1. The number of rotatable bonds is 4. The van der Waals surface area contributed by atoms with E-state index in [2.05, 4.69) is 4.98 Å². The van der Waals surface area contributed by atoms with E-state index in [-0.39, 0.29) is 9.90 Å². The van der Waals surface area contributed by atoms with Crippen molar-refractivity contribution in [2.75, 3.05) is 0 Å². The summed E-state index contributed by atoms with van der Waals surface area (Å²) in [6.07, 6.45) is -4.48. The van der Waals surface area contributed by atoms with E-state index in [0.29, 0.717) is 11.3 Å². The molecule has 0 aliphatic rings. The predicted molar refractivity (Wildman–Crippen MR) is 89.8 cm³/mol. The van der Waals surface area contributed by atoms with Crippen LogP contribution in [0.4, 0.5) is 17.6 Å². The smallest absolute Gasteiger partial charge is 0.225 e. The molecule has 3 aromatic rings. The highest BCUT2D eigenvalue weighted by atomic mass is 32.2. The predicted octanol–water partition coefficient (Wildman–Crippen LogP) is 4.94. The van der Waals surface area contributed by atoms with Crippen LogP contribution in [-0.4, -0.2) is 13.4 Å². The van der Waals surface area contributed by atoms with Gasteiger partial charge in [0.15, 0.2) is 0 Å². The van der Waals surface area contributed by atoms with Gasteiger partial charge >= 0.3 is 6.18 Å². The maximum Gasteiger partial charge on any atom is 0.416 e. The van der Waals surface area contributed by atoms with E-state index in [1.54, 1.807) is 0 Å². The highest BCUT2D eigenvalue weighted by Gasteiger charge is 2.30. The molecule has 3 nitrogen and oxygen atoms in total. The molecular weight excluding hydrogens is 390 g/mol. The van der Waals surface area contributed by atoms with Crippen molar-refractivity contribution in [3.8, 4) is 11.3 Å². The minimum Gasteiger partial charge on any atom is -0.225 e. The number of benzene rings is 2. The van der Waals surface area contributed by atoms with E-state index in [1.165, 1.54) is 29.6 Å². The molecule has 3 rings (SSSR count). The Morgan fingerprint density at radius 1 is 0.962 bits per heavy atom. The topological polar surface area (TPSA) is 47.0 Å². The third-order valence-electron chi connectivity index (χ3n) is 3.53. The third kappa shape index (κ3) is 4.10. The summed E-state index contributed by atoms with van der Waals surface area (Å²) in [5.41, 5.74) is 0.350. The second kappa shape index (κ2) is 6.81. The Balaban J connectivity index is 1.81. The normalized spacial score (nSPS) is 12.3. The lowest BCUT2D eigenvalue weighted by molar-refractivity contribution is -0.137. The van der Waals surface area contributed by atoms with Crippen molar-refractivity contribution in [1.29, 1.82) is 0 Å². The maximum atomic E-state index is 13.0. The first-order valence-corrected chi connectivity index (χ1v) is 9.79. The highest BCUT2D eigenvalue weighted by molar-refractivity contribution is 7.92. The molecule has 1 aromatic heterocycles. The van der Waals surface area contributed by atoms with Crippen LogP contribution in [0.25, 0.3) is 11.3 Å². The molecule has 1 heterocycles. The number of halogens is 4. The molecule has 9 heteroatoms. The molecule has 0 aliphatic carbocycles. The number of hydrogen-bond acceptors (Lipinski definition) is 4. The van der Waals surface area contributed by atoms with E-state index < -0.39 is 33.1 Å². The van der Waals surface area contributed by atoms with Gasteiger partial charge in [0.25, 0.3) is 0 Å². The summed E-state index contributed by atoms with van der Waals surface area (Å²) in [6.45, 7) is 0. The minimum atomic E-state index is -4.48. The molecule has 0 bridgehead atoms. The summed E-state index contributed by atoms with van der Waals surface area (Å²) in [4.78, 5) is 4.06. The Bertz CT molecular complexity index is 1010. The molecule has 26 heavy (non-hydrogen) atoms. The van der Waals surface area contributed by atoms with E-state index in [9.17, 15) is 26.0 Å². The first-order valence-electron chi connectivity index (χ1n) is 7.25. The monoisotopic (exact) mass is 401 g/mol. The van der Waals surface area contributed by atoms with Gasteiger partial charge in [0.05, 0.1) is 17.0 Å². The molecule has 0 unspecified atom stereocenters. The average molecular weight is 401 g/mol. The van der Waals surface area contributed by atoms with Gasteiger partial charge in [-0.05, 0) is 42.0 Å². The van der Waals surface area contributed by atoms with Crippen molar-refractivity contribution in [2.24, 2.45) is 0 Å². The molecule has 136 valence electrons. The molecule has 0 spiro atoms. The largest absolute Gasteiger partial charge is 0.416 e. The summed E-state index contributed by atoms with van der Waals surface area (Å²) in [6, 6.07) is 9.40. The van der Waals surface area contributed by atoms with Gasteiger partial charge in [0.1, 0.15) is 5.82 Å². The van der Waals surface area contributed by atoms with Crippen molar-refractivity contribution in [3.05, 3.63) is 70.9 Å². The first kappa shape index (κ1) is 18.5. The van der Waals surface area contributed by atoms with Gasteiger partial charge in [-0.15, -0.1) is 11.3 Å². The summed E-state index contributed by atoms with van der Waals surface area (Å²) in [5.74, 6) is -0.874. The number of thiazole rings is 1.